The second-order valence-electron chi connectivity index (χ2n) is 3.26. The third-order valence-electron chi connectivity index (χ3n) is 2.03. The van der Waals surface area contributed by atoms with Gasteiger partial charge in [0.2, 0.25) is 0 Å². The van der Waals surface area contributed by atoms with Gasteiger partial charge in [-0.15, -0.1) is 0 Å². The normalized spacial score (nSPS) is 11.1. The lowest BCUT2D eigenvalue weighted by molar-refractivity contribution is 0.589. The number of benzene rings is 1. The quantitative estimate of drug-likeness (QED) is 0.840. The smallest absolute Gasteiger partial charge is 0.180 e. The summed E-state index contributed by atoms with van der Waals surface area (Å²) in [5, 5.41) is 8.31. The van der Waals surface area contributed by atoms with Crippen LogP contribution in [0.5, 0.6) is 0 Å². The molecule has 0 amide bonds. The molecule has 0 spiro atoms. The summed E-state index contributed by atoms with van der Waals surface area (Å²) in [6, 6.07) is 3.88. The lowest BCUT2D eigenvalue weighted by Crippen LogP contribution is -2.07. The Bertz CT molecular complexity index is 549. The lowest BCUT2D eigenvalue weighted by atomic mass is 10.2. The number of rotatable bonds is 3. The van der Waals surface area contributed by atoms with E-state index in [2.05, 4.69) is 0 Å². The fourth-order valence-corrected chi connectivity index (χ4v) is 2.95. The van der Waals surface area contributed by atoms with Gasteiger partial charge in [0.05, 0.1) is 21.7 Å². The van der Waals surface area contributed by atoms with E-state index in [1.165, 1.54) is 13.0 Å². The molecule has 3 nitrogen and oxygen atoms in total. The number of halogens is 2. The van der Waals surface area contributed by atoms with E-state index in [9.17, 15) is 12.8 Å². The van der Waals surface area contributed by atoms with E-state index in [1.54, 1.807) is 6.07 Å². The number of nitriles is 1. The van der Waals surface area contributed by atoms with Crippen LogP contribution < -0.4 is 0 Å². The van der Waals surface area contributed by atoms with E-state index in [4.69, 9.17) is 16.9 Å². The SMILES string of the molecule is Cc1cc(Cl)c(S(=O)(=O)CCC#N)cc1F. The zero-order chi connectivity index (χ0) is 12.3. The first-order valence-corrected chi connectivity index (χ1v) is 6.47. The minimum absolute atomic E-state index is 0.0168. The molecule has 1 rings (SSSR count). The van der Waals surface area contributed by atoms with Crippen molar-refractivity contribution < 1.29 is 12.8 Å². The summed E-state index contributed by atoms with van der Waals surface area (Å²) in [5.74, 6) is -0.980. The summed E-state index contributed by atoms with van der Waals surface area (Å²) >= 11 is 5.74. The molecular formula is C10H9ClFNO2S. The van der Waals surface area contributed by atoms with Gasteiger partial charge in [-0.05, 0) is 24.6 Å². The predicted molar refractivity (Wildman–Crippen MR) is 58.4 cm³/mol. The molecule has 0 N–H and O–H groups in total. The van der Waals surface area contributed by atoms with Crippen molar-refractivity contribution in [2.45, 2.75) is 18.2 Å². The van der Waals surface area contributed by atoms with Crippen LogP contribution in [0.15, 0.2) is 17.0 Å². The Morgan fingerprint density at radius 2 is 2.12 bits per heavy atom. The van der Waals surface area contributed by atoms with Crippen molar-refractivity contribution in [3.63, 3.8) is 0 Å². The van der Waals surface area contributed by atoms with Gasteiger partial charge in [-0.25, -0.2) is 12.8 Å². The van der Waals surface area contributed by atoms with Gasteiger partial charge in [0.1, 0.15) is 5.82 Å². The molecule has 0 aliphatic carbocycles. The van der Waals surface area contributed by atoms with Crippen LogP contribution in [-0.4, -0.2) is 14.2 Å². The number of nitrogens with zero attached hydrogens (tertiary/aromatic N) is 1. The van der Waals surface area contributed by atoms with Crippen LogP contribution in [0.4, 0.5) is 4.39 Å². The molecule has 0 heterocycles. The second kappa shape index (κ2) is 4.81. The van der Waals surface area contributed by atoms with Crippen molar-refractivity contribution in [1.82, 2.24) is 0 Å². The van der Waals surface area contributed by atoms with Crippen molar-refractivity contribution >= 4 is 21.4 Å². The van der Waals surface area contributed by atoms with E-state index < -0.39 is 15.7 Å². The largest absolute Gasteiger partial charge is 0.224 e. The minimum atomic E-state index is -3.69. The maximum absolute atomic E-state index is 13.2. The molecule has 0 saturated heterocycles. The average molecular weight is 262 g/mol. The Kier molecular flexibility index (Phi) is 3.89. The molecule has 0 atom stereocenters. The van der Waals surface area contributed by atoms with Crippen LogP contribution >= 0.6 is 11.6 Å². The summed E-state index contributed by atoms with van der Waals surface area (Å²) in [5.41, 5.74) is 0.282. The summed E-state index contributed by atoms with van der Waals surface area (Å²) in [6.07, 6.45) is -0.145. The van der Waals surface area contributed by atoms with Gasteiger partial charge in [0.15, 0.2) is 9.84 Å². The second-order valence-corrected chi connectivity index (χ2v) is 5.74. The first kappa shape index (κ1) is 12.9. The number of hydrogen-bond acceptors (Lipinski definition) is 3. The third kappa shape index (κ3) is 2.71. The van der Waals surface area contributed by atoms with Crippen molar-refractivity contribution in [2.75, 3.05) is 5.75 Å². The Labute approximate surface area is 98.4 Å². The van der Waals surface area contributed by atoms with Gasteiger partial charge in [-0.3, -0.25) is 0 Å². The number of aryl methyl sites for hydroxylation is 1. The van der Waals surface area contributed by atoms with Gasteiger partial charge in [0.25, 0.3) is 0 Å². The lowest BCUT2D eigenvalue weighted by Gasteiger charge is -2.06. The highest BCUT2D eigenvalue weighted by molar-refractivity contribution is 7.91. The van der Waals surface area contributed by atoms with Gasteiger partial charge in [-0.1, -0.05) is 11.6 Å². The monoisotopic (exact) mass is 261 g/mol. The minimum Gasteiger partial charge on any atom is -0.224 e. The van der Waals surface area contributed by atoms with E-state index >= 15 is 0 Å². The van der Waals surface area contributed by atoms with E-state index in [-0.39, 0.29) is 27.7 Å². The fourth-order valence-electron chi connectivity index (χ4n) is 1.16. The van der Waals surface area contributed by atoms with Crippen LogP contribution in [0.2, 0.25) is 5.02 Å². The molecule has 0 bridgehead atoms. The maximum Gasteiger partial charge on any atom is 0.180 e. The Hall–Kier alpha value is -1.12. The summed E-state index contributed by atoms with van der Waals surface area (Å²) in [6.45, 7) is 1.49. The van der Waals surface area contributed by atoms with Crippen molar-refractivity contribution in [3.8, 4) is 6.07 Å². The molecule has 1 aromatic carbocycles. The molecule has 0 aromatic heterocycles. The molecule has 0 saturated carbocycles. The van der Waals surface area contributed by atoms with Crippen molar-refractivity contribution in [3.05, 3.63) is 28.5 Å². The Balaban J connectivity index is 3.24. The molecular weight excluding hydrogens is 253 g/mol. The van der Waals surface area contributed by atoms with Gasteiger partial charge in [0, 0.05) is 6.42 Å². The maximum atomic E-state index is 13.2. The van der Waals surface area contributed by atoms with Crippen LogP contribution in [0.25, 0.3) is 0 Å². The summed E-state index contributed by atoms with van der Waals surface area (Å²) in [7, 11) is -3.69. The molecule has 6 heteroatoms. The van der Waals surface area contributed by atoms with Crippen LogP contribution in [0, 0.1) is 24.1 Å². The Morgan fingerprint density at radius 1 is 1.50 bits per heavy atom. The average Bonchev–Trinajstić information content (AvgIpc) is 2.20. The number of sulfone groups is 1. The van der Waals surface area contributed by atoms with E-state index in [1.807, 2.05) is 0 Å². The van der Waals surface area contributed by atoms with Crippen LogP contribution in [-0.2, 0) is 9.84 Å². The highest BCUT2D eigenvalue weighted by atomic mass is 35.5. The molecule has 0 unspecified atom stereocenters. The molecule has 0 aliphatic rings. The predicted octanol–water partition coefficient (Wildman–Crippen LogP) is 2.47. The topological polar surface area (TPSA) is 57.9 Å². The number of hydrogen-bond donors (Lipinski definition) is 0. The molecule has 1 aromatic rings. The highest BCUT2D eigenvalue weighted by Gasteiger charge is 2.19. The zero-order valence-electron chi connectivity index (χ0n) is 8.50. The first-order chi connectivity index (χ1) is 7.38. The third-order valence-corrected chi connectivity index (χ3v) is 4.21. The zero-order valence-corrected chi connectivity index (χ0v) is 10.1. The van der Waals surface area contributed by atoms with Crippen molar-refractivity contribution in [2.24, 2.45) is 0 Å². The summed E-state index contributed by atoms with van der Waals surface area (Å²) < 4.78 is 36.6. The first-order valence-electron chi connectivity index (χ1n) is 4.44. The fraction of sp³-hybridized carbons (Fsp3) is 0.300. The highest BCUT2D eigenvalue weighted by Crippen LogP contribution is 2.25. The molecule has 0 fully saturated rings. The Morgan fingerprint density at radius 3 is 2.69 bits per heavy atom. The standard InChI is InChI=1S/C10H9ClFNO2S/c1-7-5-8(11)10(6-9(7)12)16(14,15)4-2-3-13/h5-6H,2,4H2,1H3. The van der Waals surface area contributed by atoms with E-state index in [0.717, 1.165) is 6.07 Å². The van der Waals surface area contributed by atoms with Gasteiger partial charge < -0.3 is 0 Å². The van der Waals surface area contributed by atoms with Crippen LogP contribution in [0.1, 0.15) is 12.0 Å². The van der Waals surface area contributed by atoms with Gasteiger partial charge >= 0.3 is 0 Å². The molecule has 86 valence electrons. The molecule has 16 heavy (non-hydrogen) atoms. The molecule has 0 aliphatic heterocycles. The molecule has 0 radical (unpaired) electrons. The van der Waals surface area contributed by atoms with Gasteiger partial charge in [-0.2, -0.15) is 5.26 Å². The van der Waals surface area contributed by atoms with E-state index in [0.29, 0.717) is 0 Å². The summed E-state index contributed by atoms with van der Waals surface area (Å²) in [4.78, 5) is -0.257. The van der Waals surface area contributed by atoms with Crippen LogP contribution in [0.3, 0.4) is 0 Å². The van der Waals surface area contributed by atoms with Crippen molar-refractivity contribution in [1.29, 1.82) is 5.26 Å².